The number of nitrogens with one attached hydrogen (secondary N) is 2. The Morgan fingerprint density at radius 3 is 2.61 bits per heavy atom. The highest BCUT2D eigenvalue weighted by atomic mass is 32.2. The van der Waals surface area contributed by atoms with Crippen LogP contribution in [0, 0.1) is 0 Å². The Balaban J connectivity index is 2.89. The van der Waals surface area contributed by atoms with Gasteiger partial charge in [0.1, 0.15) is 6.33 Å². The van der Waals surface area contributed by atoms with Crippen LogP contribution in [0.25, 0.3) is 0 Å². The maximum Gasteiger partial charge on any atom is 0.204 e. The van der Waals surface area contributed by atoms with E-state index in [1.165, 1.54) is 6.33 Å². The molecule has 0 aliphatic heterocycles. The van der Waals surface area contributed by atoms with Gasteiger partial charge in [-0.3, -0.25) is 0 Å². The molecule has 102 valence electrons. The predicted molar refractivity (Wildman–Crippen MR) is 75.6 cm³/mol. The van der Waals surface area contributed by atoms with Gasteiger partial charge in [0, 0.05) is 18.3 Å². The van der Waals surface area contributed by atoms with Crippen molar-refractivity contribution in [1.82, 2.24) is 9.97 Å². The molecule has 2 unspecified atom stereocenters. The molecule has 1 rings (SSSR count). The van der Waals surface area contributed by atoms with Crippen LogP contribution in [-0.4, -0.2) is 53.4 Å². The van der Waals surface area contributed by atoms with Crippen molar-refractivity contribution in [3.05, 3.63) is 6.33 Å². The lowest BCUT2D eigenvalue weighted by Crippen LogP contribution is -2.31. The van der Waals surface area contributed by atoms with Crippen molar-refractivity contribution >= 4 is 23.4 Å². The first-order valence-corrected chi connectivity index (χ1v) is 6.93. The number of hydrogen-bond donors (Lipinski definition) is 3. The quantitative estimate of drug-likeness (QED) is 0.684. The van der Waals surface area contributed by atoms with Gasteiger partial charge in [-0.15, -0.1) is 0 Å². The third-order valence-electron chi connectivity index (χ3n) is 2.65. The van der Waals surface area contributed by atoms with Crippen LogP contribution in [0.15, 0.2) is 6.33 Å². The SMILES string of the molecule is CNc1ncnc(NC(C)C(CO)SC)c1OC. The van der Waals surface area contributed by atoms with E-state index in [9.17, 15) is 5.11 Å². The fourth-order valence-electron chi connectivity index (χ4n) is 1.59. The van der Waals surface area contributed by atoms with Crippen LogP contribution in [-0.2, 0) is 0 Å². The predicted octanol–water partition coefficient (Wildman–Crippen LogP) is 1.05. The molecule has 3 N–H and O–H groups in total. The van der Waals surface area contributed by atoms with Crippen LogP contribution in [0.5, 0.6) is 5.75 Å². The zero-order valence-corrected chi connectivity index (χ0v) is 11.9. The highest BCUT2D eigenvalue weighted by Gasteiger charge is 2.18. The number of thioether (sulfide) groups is 1. The number of aromatic nitrogens is 2. The Labute approximate surface area is 112 Å². The van der Waals surface area contributed by atoms with Crippen molar-refractivity contribution in [3.8, 4) is 5.75 Å². The summed E-state index contributed by atoms with van der Waals surface area (Å²) in [6.07, 6.45) is 3.44. The third kappa shape index (κ3) is 3.39. The third-order valence-corrected chi connectivity index (χ3v) is 3.81. The van der Waals surface area contributed by atoms with Crippen LogP contribution >= 0.6 is 11.8 Å². The largest absolute Gasteiger partial charge is 0.490 e. The Morgan fingerprint density at radius 1 is 1.44 bits per heavy atom. The summed E-state index contributed by atoms with van der Waals surface area (Å²) in [7, 11) is 3.35. The van der Waals surface area contributed by atoms with E-state index in [1.54, 1.807) is 25.9 Å². The van der Waals surface area contributed by atoms with Gasteiger partial charge >= 0.3 is 0 Å². The molecule has 0 bridgehead atoms. The van der Waals surface area contributed by atoms with Gasteiger partial charge in [-0.05, 0) is 13.2 Å². The van der Waals surface area contributed by atoms with E-state index in [2.05, 4.69) is 20.6 Å². The van der Waals surface area contributed by atoms with Crippen molar-refractivity contribution in [2.75, 3.05) is 37.7 Å². The number of aliphatic hydroxyl groups excluding tert-OH is 1. The standard InChI is InChI=1S/C11H20N4O2S/c1-7(8(5-16)18-4)15-11-9(17-3)10(12-2)13-6-14-11/h6-8,16H,5H2,1-4H3,(H2,12,13,14,15). The van der Waals surface area contributed by atoms with Gasteiger partial charge in [-0.1, -0.05) is 0 Å². The number of hydrogen-bond acceptors (Lipinski definition) is 7. The second-order valence-corrected chi connectivity index (χ2v) is 4.82. The summed E-state index contributed by atoms with van der Waals surface area (Å²) < 4.78 is 5.30. The average Bonchev–Trinajstić information content (AvgIpc) is 2.39. The molecule has 2 atom stereocenters. The van der Waals surface area contributed by atoms with E-state index in [1.807, 2.05) is 13.2 Å². The van der Waals surface area contributed by atoms with Gasteiger partial charge in [0.25, 0.3) is 0 Å². The molecule has 0 aliphatic rings. The molecule has 0 aromatic carbocycles. The highest BCUT2D eigenvalue weighted by molar-refractivity contribution is 7.99. The summed E-state index contributed by atoms with van der Waals surface area (Å²) in [4.78, 5) is 8.25. The monoisotopic (exact) mass is 272 g/mol. The van der Waals surface area contributed by atoms with E-state index in [0.717, 1.165) is 0 Å². The Hall–Kier alpha value is -1.21. The van der Waals surface area contributed by atoms with Gasteiger partial charge in [0.2, 0.25) is 5.75 Å². The smallest absolute Gasteiger partial charge is 0.204 e. The number of ether oxygens (including phenoxy) is 1. The summed E-state index contributed by atoms with van der Waals surface area (Å²) in [5, 5.41) is 15.6. The average molecular weight is 272 g/mol. The zero-order valence-electron chi connectivity index (χ0n) is 11.1. The van der Waals surface area contributed by atoms with E-state index in [-0.39, 0.29) is 17.9 Å². The summed E-state index contributed by atoms with van der Waals surface area (Å²) in [5.74, 6) is 1.83. The van der Waals surface area contributed by atoms with Crippen LogP contribution in [0.3, 0.4) is 0 Å². The number of rotatable bonds is 7. The Morgan fingerprint density at radius 2 is 2.11 bits per heavy atom. The first-order valence-electron chi connectivity index (χ1n) is 5.64. The fourth-order valence-corrected chi connectivity index (χ4v) is 2.22. The first kappa shape index (κ1) is 14.8. The minimum Gasteiger partial charge on any atom is -0.490 e. The van der Waals surface area contributed by atoms with Crippen LogP contribution < -0.4 is 15.4 Å². The van der Waals surface area contributed by atoms with E-state index >= 15 is 0 Å². The van der Waals surface area contributed by atoms with Crippen LogP contribution in [0.4, 0.5) is 11.6 Å². The summed E-state index contributed by atoms with van der Waals surface area (Å²) in [6.45, 7) is 2.11. The molecule has 7 heteroatoms. The van der Waals surface area contributed by atoms with Crippen molar-refractivity contribution < 1.29 is 9.84 Å². The molecule has 0 saturated carbocycles. The highest BCUT2D eigenvalue weighted by Crippen LogP contribution is 2.29. The maximum atomic E-state index is 9.26. The molecule has 6 nitrogen and oxygen atoms in total. The summed E-state index contributed by atoms with van der Waals surface area (Å²) >= 11 is 1.61. The van der Waals surface area contributed by atoms with Crippen molar-refractivity contribution in [2.45, 2.75) is 18.2 Å². The molecule has 1 heterocycles. The van der Waals surface area contributed by atoms with Gasteiger partial charge in [-0.25, -0.2) is 9.97 Å². The number of nitrogens with zero attached hydrogens (tertiary/aromatic N) is 2. The molecule has 1 aromatic rings. The lowest BCUT2D eigenvalue weighted by molar-refractivity contribution is 0.288. The van der Waals surface area contributed by atoms with Crippen LogP contribution in [0.1, 0.15) is 6.92 Å². The normalized spacial score (nSPS) is 13.8. The van der Waals surface area contributed by atoms with Crippen molar-refractivity contribution in [3.63, 3.8) is 0 Å². The fraction of sp³-hybridized carbons (Fsp3) is 0.636. The minimum atomic E-state index is 0.0681. The van der Waals surface area contributed by atoms with Crippen molar-refractivity contribution in [1.29, 1.82) is 0 Å². The molecule has 0 radical (unpaired) electrons. The first-order chi connectivity index (χ1) is 8.67. The van der Waals surface area contributed by atoms with E-state index < -0.39 is 0 Å². The second kappa shape index (κ2) is 7.27. The Kier molecular flexibility index (Phi) is 6.00. The molecular formula is C11H20N4O2S. The zero-order chi connectivity index (χ0) is 13.5. The second-order valence-electron chi connectivity index (χ2n) is 3.74. The Bertz CT molecular complexity index is 374. The van der Waals surface area contributed by atoms with Gasteiger partial charge < -0.3 is 20.5 Å². The molecule has 0 aliphatic carbocycles. The van der Waals surface area contributed by atoms with Gasteiger partial charge in [0.05, 0.1) is 13.7 Å². The number of methoxy groups -OCH3 is 1. The number of anilines is 2. The topological polar surface area (TPSA) is 79.3 Å². The minimum absolute atomic E-state index is 0.0681. The summed E-state index contributed by atoms with van der Waals surface area (Å²) in [5.41, 5.74) is 0. The van der Waals surface area contributed by atoms with Crippen LogP contribution in [0.2, 0.25) is 0 Å². The molecule has 1 aromatic heterocycles. The van der Waals surface area contributed by atoms with Crippen molar-refractivity contribution in [2.24, 2.45) is 0 Å². The lowest BCUT2D eigenvalue weighted by atomic mass is 10.2. The molecule has 18 heavy (non-hydrogen) atoms. The number of aliphatic hydroxyl groups is 1. The van der Waals surface area contributed by atoms with Gasteiger partial charge in [0.15, 0.2) is 11.6 Å². The lowest BCUT2D eigenvalue weighted by Gasteiger charge is -2.23. The molecule has 0 saturated heterocycles. The molecule has 0 fully saturated rings. The molecular weight excluding hydrogens is 252 g/mol. The van der Waals surface area contributed by atoms with Gasteiger partial charge in [-0.2, -0.15) is 11.8 Å². The van der Waals surface area contributed by atoms with E-state index in [4.69, 9.17) is 4.74 Å². The molecule has 0 spiro atoms. The van der Waals surface area contributed by atoms with E-state index in [0.29, 0.717) is 17.4 Å². The summed E-state index contributed by atoms with van der Waals surface area (Å²) in [6, 6.07) is 0.0681. The maximum absolute atomic E-state index is 9.26. The molecule has 0 amide bonds.